The first-order valence-electron chi connectivity index (χ1n) is 6.60. The van der Waals surface area contributed by atoms with Crippen LogP contribution < -0.4 is 11.1 Å². The normalized spacial score (nSPS) is 14.4. The molecule has 108 valence electrons. The molecule has 0 aromatic heterocycles. The van der Waals surface area contributed by atoms with Crippen LogP contribution in [-0.4, -0.2) is 36.3 Å². The van der Waals surface area contributed by atoms with Crippen LogP contribution in [0.15, 0.2) is 12.1 Å². The Morgan fingerprint density at radius 2 is 2.00 bits per heavy atom. The van der Waals surface area contributed by atoms with E-state index in [1.807, 2.05) is 0 Å². The van der Waals surface area contributed by atoms with Crippen molar-refractivity contribution in [3.63, 3.8) is 0 Å². The van der Waals surface area contributed by atoms with Gasteiger partial charge in [-0.3, -0.25) is 9.59 Å². The molecule has 0 saturated carbocycles. The van der Waals surface area contributed by atoms with Crippen molar-refractivity contribution in [1.82, 2.24) is 10.2 Å². The molecule has 1 aliphatic heterocycles. The van der Waals surface area contributed by atoms with E-state index in [9.17, 15) is 14.0 Å². The van der Waals surface area contributed by atoms with E-state index >= 15 is 0 Å². The number of aryl methyl sites for hydroxylation is 1. The van der Waals surface area contributed by atoms with Gasteiger partial charge in [-0.05, 0) is 37.5 Å². The summed E-state index contributed by atoms with van der Waals surface area (Å²) in [6.07, 6.45) is 1.98. The zero-order chi connectivity index (χ0) is 14.7. The molecule has 6 heteroatoms. The van der Waals surface area contributed by atoms with Crippen LogP contribution in [0, 0.1) is 12.7 Å². The van der Waals surface area contributed by atoms with Gasteiger partial charge in [0, 0.05) is 18.8 Å². The zero-order valence-electron chi connectivity index (χ0n) is 11.4. The molecular formula is C14H18FN3O2. The Kier molecular flexibility index (Phi) is 4.22. The first-order chi connectivity index (χ1) is 9.49. The van der Waals surface area contributed by atoms with Gasteiger partial charge in [0.2, 0.25) is 5.91 Å². The third kappa shape index (κ3) is 3.07. The van der Waals surface area contributed by atoms with Crippen LogP contribution >= 0.6 is 0 Å². The number of nitrogens with two attached hydrogens (primary N) is 1. The highest BCUT2D eigenvalue weighted by Crippen LogP contribution is 2.17. The number of hydrogen-bond donors (Lipinski definition) is 2. The highest BCUT2D eigenvalue weighted by Gasteiger charge is 2.20. The molecule has 1 saturated heterocycles. The molecule has 0 atom stereocenters. The summed E-state index contributed by atoms with van der Waals surface area (Å²) < 4.78 is 13.8. The van der Waals surface area contributed by atoms with Gasteiger partial charge >= 0.3 is 0 Å². The summed E-state index contributed by atoms with van der Waals surface area (Å²) in [4.78, 5) is 25.4. The molecule has 0 aliphatic carbocycles. The van der Waals surface area contributed by atoms with Gasteiger partial charge in [-0.2, -0.15) is 0 Å². The number of carbonyl (C=O) groups excluding carboxylic acids is 2. The monoisotopic (exact) mass is 279 g/mol. The minimum atomic E-state index is -0.620. The molecule has 0 bridgehead atoms. The van der Waals surface area contributed by atoms with Crippen molar-refractivity contribution >= 4 is 17.5 Å². The van der Waals surface area contributed by atoms with Gasteiger partial charge in [-0.15, -0.1) is 0 Å². The quantitative estimate of drug-likeness (QED) is 0.813. The van der Waals surface area contributed by atoms with Gasteiger partial charge in [-0.1, -0.05) is 0 Å². The summed E-state index contributed by atoms with van der Waals surface area (Å²) in [6, 6.07) is 2.74. The molecule has 0 radical (unpaired) electrons. The van der Waals surface area contributed by atoms with Crippen molar-refractivity contribution in [2.75, 3.05) is 25.4 Å². The second kappa shape index (κ2) is 5.90. The summed E-state index contributed by atoms with van der Waals surface area (Å²) in [5, 5.41) is 2.45. The van der Waals surface area contributed by atoms with Crippen LogP contribution in [0.25, 0.3) is 0 Å². The lowest BCUT2D eigenvalue weighted by atomic mass is 10.1. The third-order valence-electron chi connectivity index (χ3n) is 3.38. The van der Waals surface area contributed by atoms with Crippen molar-refractivity contribution in [3.05, 3.63) is 29.1 Å². The van der Waals surface area contributed by atoms with Gasteiger partial charge in [-0.25, -0.2) is 4.39 Å². The Bertz CT molecular complexity index is 539. The van der Waals surface area contributed by atoms with Gasteiger partial charge in [0.15, 0.2) is 0 Å². The van der Waals surface area contributed by atoms with Crippen LogP contribution in [0.3, 0.4) is 0 Å². The lowest BCUT2D eigenvalue weighted by Crippen LogP contribution is -2.38. The number of halogens is 1. The van der Waals surface area contributed by atoms with Crippen LogP contribution in [0.5, 0.6) is 0 Å². The minimum absolute atomic E-state index is 0.119. The second-order valence-corrected chi connectivity index (χ2v) is 4.97. The SMILES string of the molecule is Cc1cc(N)cc(C(=O)NCC(=O)N2CCCC2)c1F. The van der Waals surface area contributed by atoms with Crippen molar-refractivity contribution in [3.8, 4) is 0 Å². The predicted octanol–water partition coefficient (Wildman–Crippen LogP) is 1.07. The van der Waals surface area contributed by atoms with Gasteiger partial charge in [0.25, 0.3) is 5.91 Å². The first-order valence-corrected chi connectivity index (χ1v) is 6.60. The molecule has 1 aliphatic rings. The number of amides is 2. The van der Waals surface area contributed by atoms with Crippen LogP contribution in [0.4, 0.5) is 10.1 Å². The average Bonchev–Trinajstić information content (AvgIpc) is 2.93. The minimum Gasteiger partial charge on any atom is -0.399 e. The van der Waals surface area contributed by atoms with Crippen LogP contribution in [-0.2, 0) is 4.79 Å². The Labute approximate surface area is 116 Å². The lowest BCUT2D eigenvalue weighted by molar-refractivity contribution is -0.129. The number of benzene rings is 1. The molecular weight excluding hydrogens is 261 g/mol. The van der Waals surface area contributed by atoms with E-state index in [-0.39, 0.29) is 18.0 Å². The predicted molar refractivity (Wildman–Crippen MR) is 73.7 cm³/mol. The van der Waals surface area contributed by atoms with Crippen molar-refractivity contribution in [2.45, 2.75) is 19.8 Å². The standard InChI is InChI=1S/C14H18FN3O2/c1-9-6-10(16)7-11(13(9)15)14(20)17-8-12(19)18-4-2-3-5-18/h6-7H,2-5,8,16H2,1H3,(H,17,20). The van der Waals surface area contributed by atoms with E-state index in [4.69, 9.17) is 5.73 Å². The maximum absolute atomic E-state index is 13.8. The highest BCUT2D eigenvalue weighted by molar-refractivity contribution is 5.97. The fourth-order valence-electron chi connectivity index (χ4n) is 2.29. The van der Waals surface area contributed by atoms with Crippen molar-refractivity contribution in [1.29, 1.82) is 0 Å². The van der Waals surface area contributed by atoms with Crippen LogP contribution in [0.2, 0.25) is 0 Å². The van der Waals surface area contributed by atoms with Gasteiger partial charge in [0.1, 0.15) is 5.82 Å². The van der Waals surface area contributed by atoms with E-state index in [1.165, 1.54) is 19.1 Å². The number of nitrogen functional groups attached to an aromatic ring is 1. The molecule has 1 fully saturated rings. The molecule has 3 N–H and O–H groups in total. The fraction of sp³-hybridized carbons (Fsp3) is 0.429. The molecule has 20 heavy (non-hydrogen) atoms. The van der Waals surface area contributed by atoms with Crippen molar-refractivity contribution < 1.29 is 14.0 Å². The number of likely N-dealkylation sites (tertiary alicyclic amines) is 1. The van der Waals surface area contributed by atoms with Crippen LogP contribution in [0.1, 0.15) is 28.8 Å². The molecule has 0 spiro atoms. The molecule has 2 rings (SSSR count). The third-order valence-corrected chi connectivity index (χ3v) is 3.38. The molecule has 0 unspecified atom stereocenters. The Hall–Kier alpha value is -2.11. The van der Waals surface area contributed by atoms with E-state index in [1.54, 1.807) is 4.90 Å². The molecule has 2 amide bonds. The summed E-state index contributed by atoms with van der Waals surface area (Å²) in [5.41, 5.74) is 6.10. The molecule has 5 nitrogen and oxygen atoms in total. The molecule has 1 heterocycles. The van der Waals surface area contributed by atoms with Gasteiger partial charge in [0.05, 0.1) is 12.1 Å². The summed E-state index contributed by atoms with van der Waals surface area (Å²) in [6.45, 7) is 2.87. The summed E-state index contributed by atoms with van der Waals surface area (Å²) >= 11 is 0. The number of anilines is 1. The Morgan fingerprint density at radius 1 is 1.35 bits per heavy atom. The number of rotatable bonds is 3. The lowest BCUT2D eigenvalue weighted by Gasteiger charge is -2.15. The van der Waals surface area contributed by atoms with E-state index in [2.05, 4.69) is 5.32 Å². The van der Waals surface area contributed by atoms with Gasteiger partial charge < -0.3 is 16.0 Å². The smallest absolute Gasteiger partial charge is 0.254 e. The van der Waals surface area contributed by atoms with E-state index < -0.39 is 11.7 Å². The largest absolute Gasteiger partial charge is 0.399 e. The fourth-order valence-corrected chi connectivity index (χ4v) is 2.29. The second-order valence-electron chi connectivity index (χ2n) is 4.97. The highest BCUT2D eigenvalue weighted by atomic mass is 19.1. The molecule has 1 aromatic carbocycles. The number of nitrogens with one attached hydrogen (secondary N) is 1. The van der Waals surface area contributed by atoms with E-state index in [0.29, 0.717) is 11.3 Å². The number of hydrogen-bond acceptors (Lipinski definition) is 3. The van der Waals surface area contributed by atoms with E-state index in [0.717, 1.165) is 25.9 Å². The number of nitrogens with zero attached hydrogens (tertiary/aromatic N) is 1. The summed E-state index contributed by atoms with van der Waals surface area (Å²) in [5.74, 6) is -1.37. The number of carbonyl (C=O) groups is 2. The maximum atomic E-state index is 13.8. The first kappa shape index (κ1) is 14.3. The zero-order valence-corrected chi connectivity index (χ0v) is 11.4. The topological polar surface area (TPSA) is 75.4 Å². The van der Waals surface area contributed by atoms with Crippen molar-refractivity contribution in [2.24, 2.45) is 0 Å². The summed E-state index contributed by atoms with van der Waals surface area (Å²) in [7, 11) is 0. The average molecular weight is 279 g/mol. The Morgan fingerprint density at radius 3 is 2.65 bits per heavy atom. The molecule has 1 aromatic rings. The Balaban J connectivity index is 2.00. The maximum Gasteiger partial charge on any atom is 0.254 e.